The maximum Gasteiger partial charge on any atom is 0.309 e. The topological polar surface area (TPSA) is 76.2 Å². The smallest absolute Gasteiger partial charge is 0.309 e. The lowest BCUT2D eigenvalue weighted by Gasteiger charge is -2.03. The van der Waals surface area contributed by atoms with E-state index in [4.69, 9.17) is 9.63 Å². The monoisotopic (exact) mass is 254 g/mol. The van der Waals surface area contributed by atoms with E-state index in [1.54, 1.807) is 18.5 Å². The number of hydrogen-bond donors (Lipinski definition) is 1. The van der Waals surface area contributed by atoms with Crippen molar-refractivity contribution in [3.05, 3.63) is 48.5 Å². The summed E-state index contributed by atoms with van der Waals surface area (Å²) >= 11 is 0. The molecule has 0 aliphatic heterocycles. The summed E-state index contributed by atoms with van der Waals surface area (Å²) in [4.78, 5) is 14.7. The predicted molar refractivity (Wildman–Crippen MR) is 68.6 cm³/mol. The minimum atomic E-state index is -0.890. The molecule has 1 aromatic carbocycles. The second-order valence-electron chi connectivity index (χ2n) is 4.19. The number of carboxylic acid groups (broad SMARTS) is 1. The first-order valence-electron chi connectivity index (χ1n) is 5.73. The largest absolute Gasteiger partial charge is 0.481 e. The number of nitrogens with zero attached hydrogens (tertiary/aromatic N) is 2. The first-order chi connectivity index (χ1) is 9.22. The van der Waals surface area contributed by atoms with Crippen LogP contribution in [0.15, 0.2) is 47.3 Å². The average Bonchev–Trinajstić information content (AvgIpc) is 2.85. The molecule has 3 rings (SSSR count). The Kier molecular flexibility index (Phi) is 2.72. The molecule has 0 atom stereocenters. The van der Waals surface area contributed by atoms with E-state index in [1.165, 1.54) is 0 Å². The Morgan fingerprint density at radius 1 is 1.21 bits per heavy atom. The summed E-state index contributed by atoms with van der Waals surface area (Å²) in [5, 5.41) is 13.5. The zero-order valence-corrected chi connectivity index (χ0v) is 9.91. The molecule has 0 radical (unpaired) electrons. The summed E-state index contributed by atoms with van der Waals surface area (Å²) in [5.74, 6) is -0.890. The molecule has 0 saturated heterocycles. The van der Waals surface area contributed by atoms with E-state index in [1.807, 2.05) is 24.3 Å². The molecule has 0 bridgehead atoms. The van der Waals surface area contributed by atoms with Crippen LogP contribution in [0.1, 0.15) is 5.69 Å². The molecule has 0 amide bonds. The maximum atomic E-state index is 10.7. The van der Waals surface area contributed by atoms with Crippen LogP contribution in [-0.4, -0.2) is 21.2 Å². The quantitative estimate of drug-likeness (QED) is 0.777. The summed E-state index contributed by atoms with van der Waals surface area (Å²) in [6.45, 7) is 0. The van der Waals surface area contributed by atoms with Crippen LogP contribution >= 0.6 is 0 Å². The van der Waals surface area contributed by atoms with Crippen LogP contribution in [0.2, 0.25) is 0 Å². The van der Waals surface area contributed by atoms with Crippen LogP contribution in [0.25, 0.3) is 22.0 Å². The highest BCUT2D eigenvalue weighted by Gasteiger charge is 2.06. The van der Waals surface area contributed by atoms with Gasteiger partial charge in [-0.15, -0.1) is 0 Å². The van der Waals surface area contributed by atoms with Gasteiger partial charge in [-0.1, -0.05) is 11.2 Å². The summed E-state index contributed by atoms with van der Waals surface area (Å²) < 4.78 is 4.89. The van der Waals surface area contributed by atoms with E-state index in [0.717, 1.165) is 22.0 Å². The molecule has 2 aromatic heterocycles. The molecule has 19 heavy (non-hydrogen) atoms. The molecular weight excluding hydrogens is 244 g/mol. The summed E-state index contributed by atoms with van der Waals surface area (Å²) in [6.07, 6.45) is 3.12. The SMILES string of the molecule is O=C(O)Cc1cc(-c2ccc3nocc3c2)ccn1. The van der Waals surface area contributed by atoms with Crippen molar-refractivity contribution in [2.75, 3.05) is 0 Å². The number of pyridine rings is 1. The fourth-order valence-electron chi connectivity index (χ4n) is 1.96. The van der Waals surface area contributed by atoms with Crippen LogP contribution in [0.3, 0.4) is 0 Å². The van der Waals surface area contributed by atoms with Gasteiger partial charge in [0.05, 0.1) is 12.1 Å². The van der Waals surface area contributed by atoms with E-state index >= 15 is 0 Å². The zero-order valence-electron chi connectivity index (χ0n) is 9.91. The molecule has 0 fully saturated rings. The Morgan fingerprint density at radius 3 is 2.89 bits per heavy atom. The first-order valence-corrected chi connectivity index (χ1v) is 5.73. The van der Waals surface area contributed by atoms with Gasteiger partial charge in [0.2, 0.25) is 0 Å². The molecule has 0 spiro atoms. The van der Waals surface area contributed by atoms with Gasteiger partial charge in [-0.3, -0.25) is 9.78 Å². The number of aliphatic carboxylic acids is 1. The lowest BCUT2D eigenvalue weighted by Crippen LogP contribution is -2.02. The molecule has 0 aliphatic rings. The van der Waals surface area contributed by atoms with Gasteiger partial charge in [0.25, 0.3) is 0 Å². The van der Waals surface area contributed by atoms with Gasteiger partial charge in [-0.25, -0.2) is 0 Å². The Morgan fingerprint density at radius 2 is 2.05 bits per heavy atom. The van der Waals surface area contributed by atoms with Crippen molar-refractivity contribution >= 4 is 16.9 Å². The Hall–Kier alpha value is -2.69. The molecule has 94 valence electrons. The van der Waals surface area contributed by atoms with Crippen LogP contribution in [0.4, 0.5) is 0 Å². The van der Waals surface area contributed by atoms with Crippen molar-refractivity contribution in [2.24, 2.45) is 0 Å². The minimum Gasteiger partial charge on any atom is -0.481 e. The lowest BCUT2D eigenvalue weighted by molar-refractivity contribution is -0.136. The van der Waals surface area contributed by atoms with Gasteiger partial charge < -0.3 is 9.63 Å². The molecule has 5 heteroatoms. The van der Waals surface area contributed by atoms with E-state index in [2.05, 4.69) is 10.1 Å². The molecule has 5 nitrogen and oxygen atoms in total. The fourth-order valence-corrected chi connectivity index (χ4v) is 1.96. The fraction of sp³-hybridized carbons (Fsp3) is 0.0714. The lowest BCUT2D eigenvalue weighted by atomic mass is 10.0. The highest BCUT2D eigenvalue weighted by Crippen LogP contribution is 2.24. The summed E-state index contributed by atoms with van der Waals surface area (Å²) in [6, 6.07) is 9.37. The second kappa shape index (κ2) is 4.53. The van der Waals surface area contributed by atoms with Crippen LogP contribution in [-0.2, 0) is 11.2 Å². The van der Waals surface area contributed by atoms with E-state index in [9.17, 15) is 4.79 Å². The molecule has 0 aliphatic carbocycles. The highest BCUT2D eigenvalue weighted by molar-refractivity contribution is 5.83. The van der Waals surface area contributed by atoms with Crippen molar-refractivity contribution in [1.82, 2.24) is 10.1 Å². The van der Waals surface area contributed by atoms with Crippen LogP contribution < -0.4 is 0 Å². The van der Waals surface area contributed by atoms with Crippen molar-refractivity contribution in [2.45, 2.75) is 6.42 Å². The molecule has 0 unspecified atom stereocenters. The molecule has 3 aromatic rings. The maximum absolute atomic E-state index is 10.7. The Bertz CT molecular complexity index is 749. The standard InChI is InChI=1S/C14H10N2O3/c17-14(18)7-12-6-10(3-4-15-12)9-1-2-13-11(5-9)8-19-16-13/h1-6,8H,7H2,(H,17,18). The molecule has 0 saturated carbocycles. The number of hydrogen-bond acceptors (Lipinski definition) is 4. The number of fused-ring (bicyclic) bond motifs is 1. The number of aromatic nitrogens is 2. The Labute approximate surface area is 108 Å². The van der Waals surface area contributed by atoms with Gasteiger partial charge >= 0.3 is 5.97 Å². The number of carboxylic acids is 1. The third-order valence-electron chi connectivity index (χ3n) is 2.84. The van der Waals surface area contributed by atoms with Gasteiger partial charge in [-0.05, 0) is 35.4 Å². The molecule has 1 N–H and O–H groups in total. The summed E-state index contributed by atoms with van der Waals surface area (Å²) in [5.41, 5.74) is 3.23. The van der Waals surface area contributed by atoms with Crippen LogP contribution in [0.5, 0.6) is 0 Å². The highest BCUT2D eigenvalue weighted by atomic mass is 16.5. The van der Waals surface area contributed by atoms with Gasteiger partial charge in [0.1, 0.15) is 11.8 Å². The van der Waals surface area contributed by atoms with Crippen molar-refractivity contribution in [3.8, 4) is 11.1 Å². The van der Waals surface area contributed by atoms with Crippen molar-refractivity contribution in [1.29, 1.82) is 0 Å². The van der Waals surface area contributed by atoms with Crippen molar-refractivity contribution in [3.63, 3.8) is 0 Å². The second-order valence-corrected chi connectivity index (χ2v) is 4.19. The van der Waals surface area contributed by atoms with Crippen LogP contribution in [0, 0.1) is 0 Å². The number of benzene rings is 1. The van der Waals surface area contributed by atoms with E-state index in [-0.39, 0.29) is 6.42 Å². The van der Waals surface area contributed by atoms with Gasteiger partial charge in [0.15, 0.2) is 0 Å². The normalized spacial score (nSPS) is 10.7. The number of carbonyl (C=O) groups is 1. The van der Waals surface area contributed by atoms with Gasteiger partial charge in [0, 0.05) is 11.6 Å². The van der Waals surface area contributed by atoms with Crippen molar-refractivity contribution < 1.29 is 14.4 Å². The summed E-state index contributed by atoms with van der Waals surface area (Å²) in [7, 11) is 0. The first kappa shape index (κ1) is 11.4. The zero-order chi connectivity index (χ0) is 13.2. The van der Waals surface area contributed by atoms with E-state index < -0.39 is 5.97 Å². The predicted octanol–water partition coefficient (Wildman–Crippen LogP) is 2.52. The van der Waals surface area contributed by atoms with E-state index in [0.29, 0.717) is 5.69 Å². The molecular formula is C14H10N2O3. The minimum absolute atomic E-state index is 0.0800. The average molecular weight is 254 g/mol. The Balaban J connectivity index is 2.02. The van der Waals surface area contributed by atoms with Gasteiger partial charge in [-0.2, -0.15) is 0 Å². The third kappa shape index (κ3) is 2.30. The molecule has 2 heterocycles. The number of rotatable bonds is 3. The third-order valence-corrected chi connectivity index (χ3v) is 2.84.